The summed E-state index contributed by atoms with van der Waals surface area (Å²) in [5.74, 6) is -15.2. The number of rotatable bonds is 34. The lowest BCUT2D eigenvalue weighted by molar-refractivity contribution is -0.333. The highest BCUT2D eigenvalue weighted by molar-refractivity contribution is 5.68. The Hall–Kier alpha value is -11.3. The molecule has 60 nitrogen and oxygen atoms in total. The van der Waals surface area contributed by atoms with Crippen molar-refractivity contribution in [3.63, 3.8) is 0 Å². The third kappa shape index (κ3) is 23.3. The molecule has 8 aliphatic rings. The molecule has 8 fully saturated rings. The van der Waals surface area contributed by atoms with Crippen LogP contribution in [-0.2, 0) is 85.5 Å². The minimum absolute atomic E-state index is 0.0654. The monoisotopic (exact) mass is 1740 g/mol. The lowest BCUT2D eigenvalue weighted by Crippen LogP contribution is -2.65. The number of esters is 4. The molecule has 0 aromatic heterocycles. The van der Waals surface area contributed by atoms with Crippen LogP contribution in [0.3, 0.4) is 0 Å². The van der Waals surface area contributed by atoms with Gasteiger partial charge in [-0.3, -0.25) is 19.2 Å². The van der Waals surface area contributed by atoms with Gasteiger partial charge in [-0.1, -0.05) is 75.2 Å². The molecule has 122 heavy (non-hydrogen) atoms. The fraction of sp³-hybridized carbons (Fsp3) is 0.931. The second-order valence-electron chi connectivity index (χ2n) is 28.2. The molecule has 4 aliphatic carbocycles. The second-order valence-corrected chi connectivity index (χ2v) is 28.2. The first-order valence-corrected chi connectivity index (χ1v) is 36.6. The first-order valence-electron chi connectivity index (χ1n) is 36.6. The summed E-state index contributed by atoms with van der Waals surface area (Å²) >= 11 is 0. The lowest BCUT2D eigenvalue weighted by Gasteiger charge is -2.48. The van der Waals surface area contributed by atoms with Crippen LogP contribution in [0.2, 0.25) is 0 Å². The molecule has 4 saturated carbocycles. The van der Waals surface area contributed by atoms with Crippen molar-refractivity contribution in [2.24, 2.45) is 79.1 Å². The van der Waals surface area contributed by atoms with Gasteiger partial charge in [-0.2, -0.15) is 0 Å². The fourth-order valence-electron chi connectivity index (χ4n) is 15.4. The van der Waals surface area contributed by atoms with Crippen LogP contribution in [-0.4, -0.2) is 301 Å². The molecule has 4 aliphatic heterocycles. The lowest BCUT2D eigenvalue weighted by atomic mass is 9.79. The molecular weight excluding hydrogens is 1660 g/mol. The van der Waals surface area contributed by atoms with Gasteiger partial charge in [0, 0.05) is 112 Å². The van der Waals surface area contributed by atoms with E-state index in [0.29, 0.717) is 0 Å². The van der Waals surface area contributed by atoms with E-state index in [9.17, 15) is 83.0 Å². The van der Waals surface area contributed by atoms with Crippen LogP contribution in [0, 0.1) is 17.8 Å². The molecule has 8 rings (SSSR count). The molecule has 0 unspecified atom stereocenters. The van der Waals surface area contributed by atoms with Gasteiger partial charge < -0.3 is 97.0 Å². The summed E-state index contributed by atoms with van der Waals surface area (Å²) in [6.45, 7) is 3.29. The highest BCUT2D eigenvalue weighted by Crippen LogP contribution is 2.47. The number of carbonyl (C=O) groups is 4. The normalized spacial score (nSPS) is 38.9. The molecule has 0 aromatic carbocycles. The summed E-state index contributed by atoms with van der Waals surface area (Å²) in [5.41, 5.74) is 111. The van der Waals surface area contributed by atoms with Crippen molar-refractivity contribution in [3.05, 3.63) is 125 Å². The SMILES string of the molecule is CC[C@H]1O[C@@H](O[C@@H]2[C@@H](OC(C)=O)[C@H](N=[N+]=[N-])C[C@H](N=[N+]=[N-])[C@H]2O[C@H]2O[C@H](CN=[N+]=[N-])C(F)(F)[C@H](C)[C@H]2N=[N+]=[N-])[C@H](OC(C)=O)[C@@H]1O[C@H]1C[C@@H](CN=[N+]=[N-])[C@@H](OC(C)=O)[C@H](OC(C)=O)[C@H]1N=[N+]=[N-].[N-]=[N+]=NC[C@@H]1C[C@H](O[C@H]2[C@@H](O)[C@H](O[C@@H]3[C@@H](O)[C@H](N=[N+]=[N-])C[C@H](N=[N+]=[N-])[C@H]3O[C@H]3O[C@H](CN=[N+]=[N-])C(F)(F)[C@H](O)[C@H]3N=[N+]=[N-])O[C@@H]2CO)[C@H](N=[N+]=[N-])[C@@H](O)[C@@H]1O. The van der Waals surface area contributed by atoms with Crippen LogP contribution in [0.25, 0.3) is 125 Å². The molecule has 664 valence electrons. The third-order valence-corrected chi connectivity index (χ3v) is 20.9. The maximum atomic E-state index is 15.6. The van der Waals surface area contributed by atoms with E-state index < -0.39 is 288 Å². The Morgan fingerprint density at radius 2 is 0.770 bits per heavy atom. The molecular formula is C58H80F4N36O24. The van der Waals surface area contributed by atoms with Gasteiger partial charge in [0.15, 0.2) is 31.3 Å². The van der Waals surface area contributed by atoms with Crippen molar-refractivity contribution in [2.75, 3.05) is 32.8 Å². The molecule has 4 saturated heterocycles. The second kappa shape index (κ2) is 45.5. The summed E-state index contributed by atoms with van der Waals surface area (Å²) in [6.07, 6.45) is -45.0. The number of aliphatic hydroxyl groups is 6. The van der Waals surface area contributed by atoms with Crippen LogP contribution in [0.15, 0.2) is 61.4 Å². The Labute approximate surface area is 680 Å². The van der Waals surface area contributed by atoms with Crippen LogP contribution < -0.4 is 0 Å². The van der Waals surface area contributed by atoms with Crippen molar-refractivity contribution >= 4 is 23.9 Å². The summed E-state index contributed by atoms with van der Waals surface area (Å²) < 4.78 is 144. The maximum Gasteiger partial charge on any atom is 0.303 e. The summed E-state index contributed by atoms with van der Waals surface area (Å²) in [6, 6.07) is -12.8. The van der Waals surface area contributed by atoms with Crippen LogP contribution >= 0.6 is 0 Å². The summed E-state index contributed by atoms with van der Waals surface area (Å²) in [4.78, 5) is 82.2. The van der Waals surface area contributed by atoms with Crippen molar-refractivity contribution in [2.45, 2.75) is 287 Å². The third-order valence-electron chi connectivity index (χ3n) is 20.9. The number of carbonyl (C=O) groups excluding carboxylic acids is 4. The molecule has 0 bridgehead atoms. The molecule has 0 radical (unpaired) electrons. The van der Waals surface area contributed by atoms with Crippen LogP contribution in [0.4, 0.5) is 17.6 Å². The van der Waals surface area contributed by atoms with Crippen molar-refractivity contribution in [1.82, 2.24) is 0 Å². The van der Waals surface area contributed by atoms with Gasteiger partial charge in [-0.15, -0.1) is 0 Å². The molecule has 0 spiro atoms. The zero-order valence-corrected chi connectivity index (χ0v) is 64.5. The molecule has 6 N–H and O–H groups in total. The van der Waals surface area contributed by atoms with Gasteiger partial charge in [0.05, 0.1) is 105 Å². The Morgan fingerprint density at radius 3 is 1.30 bits per heavy atom. The Bertz CT molecular complexity index is 4300. The van der Waals surface area contributed by atoms with E-state index in [1.54, 1.807) is 6.92 Å². The highest BCUT2D eigenvalue weighted by atomic mass is 19.3. The molecule has 4 heterocycles. The minimum atomic E-state index is -4.17. The number of ether oxygens (including phenoxy) is 14. The summed E-state index contributed by atoms with van der Waals surface area (Å²) in [5, 5.41) is 106. The quantitative estimate of drug-likeness (QED) is 0.00920. The smallest absolute Gasteiger partial charge is 0.303 e. The standard InChI is InChI=1S/C34H46F2N18O13.C24H34F2N18O11/c1-7-20-28(63-21-8-17(10-43-49-37)25(59-13(3)55)29(61-15(5)57)24(21)48-54-42)31(62-16(6)58)33(64-20)67-30-26(60-14(4)56)18(45-51-39)9-19(46-52-40)27(30)66-32-23(47-53-41)12(2)34(35,36)22(65-32)11-44-50-38;25-24(26)11(4-34-40-28)53-22(13(21(24)50)38-44-32)54-18-8(36-42-30)2-7(35-41-29)15(47)20(18)55-23-17(49)19(10(5-45)52-23)51-9-1-6(3-33-39-27)14(46)16(48)12(9)37-43-31/h12,17-33H,7-11H2,1-6H3;6-23,45-50H,1-5H2/t12-,17+,18-,19+,20-,21+,22-,23-,24+,25-,26+,27-,28-,29-,30-,31-,32-,33+;6-,7+,8-,9-,10+,11+,12-,13+,14+,15-,16+,17+,18+,19+,20+,21+,22+,23-/m10/s1. The van der Waals surface area contributed by atoms with E-state index in [1.165, 1.54) is 0 Å². The average molecular weight is 1740 g/mol. The van der Waals surface area contributed by atoms with E-state index in [4.69, 9.17) is 99.5 Å². The largest absolute Gasteiger partial charge is 0.459 e. The van der Waals surface area contributed by atoms with Crippen molar-refractivity contribution < 1.29 is 134 Å². The number of aliphatic hydroxyl groups excluding tert-OH is 6. The molecule has 0 aromatic rings. The number of azide groups is 12. The predicted octanol–water partition coefficient (Wildman–Crippen LogP) is 7.28. The number of hydrogen-bond donors (Lipinski definition) is 6. The molecule has 0 amide bonds. The van der Waals surface area contributed by atoms with Gasteiger partial charge >= 0.3 is 23.9 Å². The van der Waals surface area contributed by atoms with Crippen molar-refractivity contribution in [3.8, 4) is 0 Å². The van der Waals surface area contributed by atoms with Crippen LogP contribution in [0.5, 0.6) is 0 Å². The van der Waals surface area contributed by atoms with E-state index in [1.807, 2.05) is 0 Å². The zero-order valence-electron chi connectivity index (χ0n) is 64.5. The topological polar surface area (TPSA) is 904 Å². The Balaban J connectivity index is 0.000000342. The predicted molar refractivity (Wildman–Crippen MR) is 385 cm³/mol. The van der Waals surface area contributed by atoms with Crippen LogP contribution in [0.1, 0.15) is 73.6 Å². The van der Waals surface area contributed by atoms with Gasteiger partial charge in [0.1, 0.15) is 85.3 Å². The number of hydrogen-bond acceptors (Lipinski definition) is 36. The van der Waals surface area contributed by atoms with Gasteiger partial charge in [-0.05, 0) is 104 Å². The maximum absolute atomic E-state index is 15.6. The van der Waals surface area contributed by atoms with Gasteiger partial charge in [0.25, 0.3) is 11.8 Å². The Kier molecular flexibility index (Phi) is 36.5. The van der Waals surface area contributed by atoms with Gasteiger partial charge in [-0.25, -0.2) is 17.6 Å². The average Bonchev–Trinajstić information content (AvgIpc) is 1.17. The van der Waals surface area contributed by atoms with E-state index in [0.717, 1.165) is 34.6 Å². The molecule has 64 heteroatoms. The minimum Gasteiger partial charge on any atom is -0.459 e. The van der Waals surface area contributed by atoms with E-state index in [2.05, 4.69) is 120 Å². The first-order chi connectivity index (χ1) is 58.2. The van der Waals surface area contributed by atoms with Gasteiger partial charge in [0.2, 0.25) is 0 Å². The fourth-order valence-corrected chi connectivity index (χ4v) is 15.4. The van der Waals surface area contributed by atoms with E-state index in [-0.39, 0.29) is 32.4 Å². The highest BCUT2D eigenvalue weighted by Gasteiger charge is 2.63. The van der Waals surface area contributed by atoms with Crippen molar-refractivity contribution in [1.29, 1.82) is 0 Å². The van der Waals surface area contributed by atoms with E-state index >= 15 is 17.6 Å². The number of alkyl halides is 4. The molecule has 36 atom stereocenters. The first kappa shape index (κ1) is 97.8. The summed E-state index contributed by atoms with van der Waals surface area (Å²) in [7, 11) is 0. The zero-order chi connectivity index (χ0) is 90.0. The number of halogens is 4. The Morgan fingerprint density at radius 1 is 0.369 bits per heavy atom. The number of nitrogens with zero attached hydrogens (tertiary/aromatic N) is 36.